The Balaban J connectivity index is 2.01. The van der Waals surface area contributed by atoms with E-state index in [9.17, 15) is 0 Å². The first-order valence-electron chi connectivity index (χ1n) is 5.16. The number of hydrogen-bond acceptors (Lipinski definition) is 3. The van der Waals surface area contributed by atoms with E-state index in [0.29, 0.717) is 6.04 Å². The summed E-state index contributed by atoms with van der Waals surface area (Å²) in [5.74, 6) is 1.24. The van der Waals surface area contributed by atoms with E-state index >= 15 is 0 Å². The highest BCUT2D eigenvalue weighted by atomic mass is 32.2. The summed E-state index contributed by atoms with van der Waals surface area (Å²) in [7, 11) is 2.22. The quantitative estimate of drug-likeness (QED) is 0.672. The predicted molar refractivity (Wildman–Crippen MR) is 61.5 cm³/mol. The maximum Gasteiger partial charge on any atom is 0.0189 e. The molecular formula is C10H22N2S. The maximum atomic E-state index is 3.57. The van der Waals surface area contributed by atoms with E-state index in [1.807, 2.05) is 11.8 Å². The van der Waals surface area contributed by atoms with Crippen LogP contribution in [0.25, 0.3) is 0 Å². The van der Waals surface area contributed by atoms with Crippen LogP contribution in [0.5, 0.6) is 0 Å². The first-order chi connectivity index (χ1) is 6.24. The Morgan fingerprint density at radius 1 is 1.54 bits per heavy atom. The largest absolute Gasteiger partial charge is 0.312 e. The topological polar surface area (TPSA) is 15.3 Å². The number of thioether (sulfide) groups is 1. The van der Waals surface area contributed by atoms with Gasteiger partial charge < -0.3 is 10.2 Å². The van der Waals surface area contributed by atoms with Crippen molar-refractivity contribution in [1.29, 1.82) is 0 Å². The van der Waals surface area contributed by atoms with Gasteiger partial charge in [0.25, 0.3) is 0 Å². The van der Waals surface area contributed by atoms with Gasteiger partial charge in [-0.05, 0) is 33.1 Å². The number of nitrogens with zero attached hydrogens (tertiary/aromatic N) is 1. The Labute approximate surface area is 86.5 Å². The van der Waals surface area contributed by atoms with Crippen LogP contribution in [0.3, 0.4) is 0 Å². The molecule has 0 aliphatic heterocycles. The van der Waals surface area contributed by atoms with Crippen LogP contribution in [0.2, 0.25) is 0 Å². The lowest BCUT2D eigenvalue weighted by Crippen LogP contribution is -2.39. The number of hydrogen-bond donors (Lipinski definition) is 1. The summed E-state index contributed by atoms with van der Waals surface area (Å²) in [6.45, 7) is 4.65. The molecule has 2 nitrogen and oxygen atoms in total. The molecule has 78 valence electrons. The van der Waals surface area contributed by atoms with Gasteiger partial charge in [-0.15, -0.1) is 0 Å². The summed E-state index contributed by atoms with van der Waals surface area (Å²) < 4.78 is 0. The minimum Gasteiger partial charge on any atom is -0.312 e. The third-order valence-electron chi connectivity index (χ3n) is 2.68. The molecule has 0 bridgehead atoms. The number of likely N-dealkylation sites (N-methyl/N-ethyl adjacent to an activating group) is 1. The summed E-state index contributed by atoms with van der Waals surface area (Å²) in [5, 5.41) is 3.57. The second kappa shape index (κ2) is 5.89. The van der Waals surface area contributed by atoms with Gasteiger partial charge in [0.05, 0.1) is 0 Å². The van der Waals surface area contributed by atoms with Crippen LogP contribution in [0.4, 0.5) is 0 Å². The molecule has 0 amide bonds. The van der Waals surface area contributed by atoms with Crippen molar-refractivity contribution in [3.05, 3.63) is 0 Å². The highest BCUT2D eigenvalue weighted by Crippen LogP contribution is 2.18. The lowest BCUT2D eigenvalue weighted by molar-refractivity contribution is 0.265. The van der Waals surface area contributed by atoms with E-state index in [1.54, 1.807) is 0 Å². The van der Waals surface area contributed by atoms with Crippen LogP contribution >= 0.6 is 11.8 Å². The van der Waals surface area contributed by atoms with E-state index in [1.165, 1.54) is 25.1 Å². The molecule has 0 radical (unpaired) electrons. The first-order valence-corrected chi connectivity index (χ1v) is 6.56. The van der Waals surface area contributed by atoms with Crippen molar-refractivity contribution < 1.29 is 0 Å². The maximum absolute atomic E-state index is 3.57. The van der Waals surface area contributed by atoms with Crippen molar-refractivity contribution in [3.8, 4) is 0 Å². The lowest BCUT2D eigenvalue weighted by atomic mass is 10.3. The Hall–Kier alpha value is 0.270. The SMILES string of the molecule is CSCCN(C)C(C)CNC1CC1. The second-order valence-electron chi connectivity index (χ2n) is 4.00. The van der Waals surface area contributed by atoms with Crippen molar-refractivity contribution in [2.45, 2.75) is 31.8 Å². The summed E-state index contributed by atoms with van der Waals surface area (Å²) in [5.41, 5.74) is 0. The molecule has 1 atom stereocenters. The van der Waals surface area contributed by atoms with Crippen LogP contribution in [0.1, 0.15) is 19.8 Å². The lowest BCUT2D eigenvalue weighted by Gasteiger charge is -2.24. The van der Waals surface area contributed by atoms with Gasteiger partial charge in [0.2, 0.25) is 0 Å². The van der Waals surface area contributed by atoms with Gasteiger partial charge in [-0.3, -0.25) is 0 Å². The van der Waals surface area contributed by atoms with E-state index in [-0.39, 0.29) is 0 Å². The summed E-state index contributed by atoms with van der Waals surface area (Å²) in [6.07, 6.45) is 4.95. The van der Waals surface area contributed by atoms with Gasteiger partial charge in [-0.25, -0.2) is 0 Å². The standard InChI is InChI=1S/C10H22N2S/c1-9(8-11-10-4-5-10)12(2)6-7-13-3/h9-11H,4-8H2,1-3H3. The monoisotopic (exact) mass is 202 g/mol. The molecular weight excluding hydrogens is 180 g/mol. The average Bonchev–Trinajstić information content (AvgIpc) is 2.93. The molecule has 0 aromatic heterocycles. The highest BCUT2D eigenvalue weighted by molar-refractivity contribution is 7.98. The summed E-state index contributed by atoms with van der Waals surface area (Å²) >= 11 is 1.92. The van der Waals surface area contributed by atoms with Crippen LogP contribution in [0.15, 0.2) is 0 Å². The number of rotatable bonds is 7. The van der Waals surface area contributed by atoms with Crippen molar-refractivity contribution in [2.75, 3.05) is 32.1 Å². The third kappa shape index (κ3) is 4.89. The van der Waals surface area contributed by atoms with Crippen molar-refractivity contribution in [1.82, 2.24) is 10.2 Å². The molecule has 1 aliphatic carbocycles. The Bertz CT molecular complexity index is 137. The number of nitrogens with one attached hydrogen (secondary N) is 1. The summed E-state index contributed by atoms with van der Waals surface area (Å²) in [6, 6.07) is 1.52. The molecule has 13 heavy (non-hydrogen) atoms. The fourth-order valence-corrected chi connectivity index (χ4v) is 1.71. The molecule has 1 saturated carbocycles. The molecule has 1 aliphatic rings. The van der Waals surface area contributed by atoms with E-state index in [2.05, 4.69) is 30.4 Å². The van der Waals surface area contributed by atoms with Gasteiger partial charge in [-0.2, -0.15) is 11.8 Å². The molecule has 3 heteroatoms. The zero-order valence-corrected chi connectivity index (χ0v) is 9.86. The van der Waals surface area contributed by atoms with E-state index in [4.69, 9.17) is 0 Å². The molecule has 1 fully saturated rings. The second-order valence-corrected chi connectivity index (χ2v) is 4.99. The molecule has 0 saturated heterocycles. The molecule has 1 N–H and O–H groups in total. The van der Waals surface area contributed by atoms with E-state index in [0.717, 1.165) is 12.6 Å². The molecule has 0 spiro atoms. The zero-order valence-electron chi connectivity index (χ0n) is 9.05. The minimum absolute atomic E-state index is 0.674. The van der Waals surface area contributed by atoms with Crippen LogP contribution in [-0.4, -0.2) is 49.1 Å². The molecule has 0 heterocycles. The Morgan fingerprint density at radius 3 is 2.77 bits per heavy atom. The van der Waals surface area contributed by atoms with Gasteiger partial charge in [0.15, 0.2) is 0 Å². The van der Waals surface area contributed by atoms with Crippen molar-refractivity contribution in [3.63, 3.8) is 0 Å². The van der Waals surface area contributed by atoms with Crippen LogP contribution in [0, 0.1) is 0 Å². The fourth-order valence-electron chi connectivity index (χ4n) is 1.24. The zero-order chi connectivity index (χ0) is 9.68. The molecule has 1 rings (SSSR count). The first kappa shape index (κ1) is 11.3. The predicted octanol–water partition coefficient (Wildman–Crippen LogP) is 1.42. The van der Waals surface area contributed by atoms with Gasteiger partial charge in [0, 0.05) is 30.9 Å². The van der Waals surface area contributed by atoms with Crippen LogP contribution < -0.4 is 5.32 Å². The average molecular weight is 202 g/mol. The normalized spacial score (nSPS) is 19.4. The fraction of sp³-hybridized carbons (Fsp3) is 1.00. The molecule has 0 aromatic carbocycles. The third-order valence-corrected chi connectivity index (χ3v) is 3.27. The summed E-state index contributed by atoms with van der Waals surface area (Å²) in [4.78, 5) is 2.44. The highest BCUT2D eigenvalue weighted by Gasteiger charge is 2.21. The Morgan fingerprint density at radius 2 is 2.23 bits per heavy atom. The van der Waals surface area contributed by atoms with Crippen LogP contribution in [-0.2, 0) is 0 Å². The smallest absolute Gasteiger partial charge is 0.0189 e. The molecule has 0 aromatic rings. The van der Waals surface area contributed by atoms with Crippen molar-refractivity contribution >= 4 is 11.8 Å². The minimum atomic E-state index is 0.674. The Kier molecular flexibility index (Phi) is 5.14. The van der Waals surface area contributed by atoms with Gasteiger partial charge in [-0.1, -0.05) is 0 Å². The molecule has 1 unspecified atom stereocenters. The van der Waals surface area contributed by atoms with Gasteiger partial charge in [0.1, 0.15) is 0 Å². The van der Waals surface area contributed by atoms with Gasteiger partial charge >= 0.3 is 0 Å². The van der Waals surface area contributed by atoms with Crippen molar-refractivity contribution in [2.24, 2.45) is 0 Å². The van der Waals surface area contributed by atoms with E-state index < -0.39 is 0 Å².